The number of allylic oxidation sites excluding steroid dienone is 1. The molecule has 92 valence electrons. The second-order valence-corrected chi connectivity index (χ2v) is 3.97. The Kier molecular flexibility index (Phi) is 3.38. The maximum absolute atomic E-state index is 11.9. The Morgan fingerprint density at radius 3 is 2.44 bits per heavy atom. The van der Waals surface area contributed by atoms with Crippen molar-refractivity contribution in [3.05, 3.63) is 41.6 Å². The number of hydrogen-bond acceptors (Lipinski definition) is 4. The number of carbonyl (C=O) groups excluding carboxylic acids is 2. The second kappa shape index (κ2) is 4.97. The zero-order valence-corrected chi connectivity index (χ0v) is 10.3. The highest BCUT2D eigenvalue weighted by atomic mass is 32.1. The first-order chi connectivity index (χ1) is 8.60. The number of methoxy groups -OCH3 is 1. The summed E-state index contributed by atoms with van der Waals surface area (Å²) in [5.74, 6) is -0.0148. The molecular weight excluding hydrogens is 252 g/mol. The van der Waals surface area contributed by atoms with Crippen LogP contribution in [-0.2, 0) is 4.79 Å². The van der Waals surface area contributed by atoms with Gasteiger partial charge in [0.05, 0.1) is 7.11 Å². The summed E-state index contributed by atoms with van der Waals surface area (Å²) in [5.41, 5.74) is 0.622. The Bertz CT molecular complexity index is 549. The van der Waals surface area contributed by atoms with Crippen molar-refractivity contribution < 1.29 is 14.3 Å². The smallest absolute Gasteiger partial charge is 0.274 e. The van der Waals surface area contributed by atoms with Crippen molar-refractivity contribution in [2.24, 2.45) is 0 Å². The van der Waals surface area contributed by atoms with Gasteiger partial charge in [0.15, 0.2) is 10.9 Å². The van der Waals surface area contributed by atoms with Crippen molar-refractivity contribution in [2.75, 3.05) is 7.11 Å². The zero-order chi connectivity index (χ0) is 13.1. The third-order valence-electron chi connectivity index (χ3n) is 2.37. The van der Waals surface area contributed by atoms with Crippen LogP contribution in [0.15, 0.2) is 36.0 Å². The fourth-order valence-electron chi connectivity index (χ4n) is 1.45. The Hall–Kier alpha value is -2.21. The third-order valence-corrected chi connectivity index (χ3v) is 2.57. The van der Waals surface area contributed by atoms with Gasteiger partial charge in [-0.05, 0) is 36.5 Å². The van der Waals surface area contributed by atoms with Crippen molar-refractivity contribution in [3.63, 3.8) is 0 Å². The van der Waals surface area contributed by atoms with Crippen LogP contribution in [0.25, 0.3) is 0 Å². The maximum atomic E-state index is 11.9. The number of hydrogen-bond donors (Lipinski definition) is 2. The molecule has 0 unspecified atom stereocenters. The fourth-order valence-corrected chi connectivity index (χ4v) is 1.65. The van der Waals surface area contributed by atoms with Gasteiger partial charge in [-0.3, -0.25) is 14.9 Å². The van der Waals surface area contributed by atoms with E-state index in [-0.39, 0.29) is 16.6 Å². The van der Waals surface area contributed by atoms with Gasteiger partial charge in [-0.2, -0.15) is 0 Å². The minimum atomic E-state index is -0.401. The SMILES string of the molecule is COc1ccc(C(=O)/C=C2/NC(=S)NC2=O)cc1. The van der Waals surface area contributed by atoms with E-state index in [1.807, 2.05) is 0 Å². The lowest BCUT2D eigenvalue weighted by molar-refractivity contribution is -0.115. The van der Waals surface area contributed by atoms with Crippen LogP contribution in [0, 0.1) is 0 Å². The molecular formula is C12H10N2O3S. The number of rotatable bonds is 3. The highest BCUT2D eigenvalue weighted by molar-refractivity contribution is 7.80. The second-order valence-electron chi connectivity index (χ2n) is 3.56. The van der Waals surface area contributed by atoms with E-state index in [0.717, 1.165) is 0 Å². The van der Waals surface area contributed by atoms with Gasteiger partial charge >= 0.3 is 0 Å². The predicted molar refractivity (Wildman–Crippen MR) is 69.3 cm³/mol. The molecule has 1 saturated heterocycles. The van der Waals surface area contributed by atoms with E-state index >= 15 is 0 Å². The van der Waals surface area contributed by atoms with Crippen LogP contribution in [-0.4, -0.2) is 23.9 Å². The standard InChI is InChI=1S/C12H10N2O3S/c1-17-8-4-2-7(3-5-8)10(15)6-9-11(16)14-12(18)13-9/h2-6H,1H3,(H2,13,14,16,18)/b9-6+. The Balaban J connectivity index is 2.19. The molecule has 1 aromatic rings. The molecule has 0 spiro atoms. The monoisotopic (exact) mass is 262 g/mol. The first-order valence-corrected chi connectivity index (χ1v) is 5.53. The lowest BCUT2D eigenvalue weighted by Crippen LogP contribution is -2.21. The molecule has 0 atom stereocenters. The summed E-state index contributed by atoms with van der Waals surface area (Å²) < 4.78 is 4.99. The molecule has 1 amide bonds. The van der Waals surface area contributed by atoms with Crippen LogP contribution in [0.1, 0.15) is 10.4 Å². The van der Waals surface area contributed by atoms with E-state index in [1.54, 1.807) is 31.4 Å². The highest BCUT2D eigenvalue weighted by Crippen LogP contribution is 2.12. The molecule has 1 aliphatic heterocycles. The molecule has 18 heavy (non-hydrogen) atoms. The van der Waals surface area contributed by atoms with Gasteiger partial charge in [-0.1, -0.05) is 0 Å². The molecule has 0 saturated carbocycles. The lowest BCUT2D eigenvalue weighted by Gasteiger charge is -2.00. The Morgan fingerprint density at radius 1 is 1.28 bits per heavy atom. The maximum Gasteiger partial charge on any atom is 0.274 e. The Labute approximate surface area is 109 Å². The number of ether oxygens (including phenoxy) is 1. The number of carbonyl (C=O) groups is 2. The summed E-state index contributed by atoms with van der Waals surface area (Å²) in [4.78, 5) is 23.2. The van der Waals surface area contributed by atoms with Gasteiger partial charge in [-0.15, -0.1) is 0 Å². The molecule has 0 aliphatic carbocycles. The van der Waals surface area contributed by atoms with Crippen LogP contribution in [0.4, 0.5) is 0 Å². The molecule has 1 heterocycles. The summed E-state index contributed by atoms with van der Waals surface area (Å²) in [6.45, 7) is 0. The number of ketones is 1. The summed E-state index contributed by atoms with van der Waals surface area (Å²) in [5, 5.41) is 5.20. The minimum absolute atomic E-state index is 0.154. The number of nitrogens with one attached hydrogen (secondary N) is 2. The van der Waals surface area contributed by atoms with E-state index < -0.39 is 5.91 Å². The van der Waals surface area contributed by atoms with E-state index in [4.69, 9.17) is 17.0 Å². The van der Waals surface area contributed by atoms with Gasteiger partial charge in [0.25, 0.3) is 5.91 Å². The number of thiocarbonyl (C=S) groups is 1. The fraction of sp³-hybridized carbons (Fsp3) is 0.0833. The van der Waals surface area contributed by atoms with Crippen LogP contribution in [0.3, 0.4) is 0 Å². The average molecular weight is 262 g/mol. The first kappa shape index (κ1) is 12.3. The molecule has 5 nitrogen and oxygen atoms in total. The van der Waals surface area contributed by atoms with E-state index in [2.05, 4.69) is 10.6 Å². The van der Waals surface area contributed by atoms with Crippen LogP contribution in [0.2, 0.25) is 0 Å². The number of benzene rings is 1. The van der Waals surface area contributed by atoms with Crippen molar-refractivity contribution in [1.29, 1.82) is 0 Å². The van der Waals surface area contributed by atoms with Crippen molar-refractivity contribution in [2.45, 2.75) is 0 Å². The lowest BCUT2D eigenvalue weighted by atomic mass is 10.1. The minimum Gasteiger partial charge on any atom is -0.497 e. The van der Waals surface area contributed by atoms with E-state index in [9.17, 15) is 9.59 Å². The normalized spacial score (nSPS) is 16.4. The summed E-state index contributed by atoms with van der Waals surface area (Å²) >= 11 is 4.76. The van der Waals surface area contributed by atoms with Crippen LogP contribution < -0.4 is 15.4 Å². The predicted octanol–water partition coefficient (Wildman–Crippen LogP) is 0.766. The quantitative estimate of drug-likeness (QED) is 0.478. The van der Waals surface area contributed by atoms with E-state index in [0.29, 0.717) is 11.3 Å². The van der Waals surface area contributed by atoms with Crippen LogP contribution in [0.5, 0.6) is 5.75 Å². The van der Waals surface area contributed by atoms with Crippen molar-refractivity contribution in [3.8, 4) is 5.75 Å². The summed E-state index contributed by atoms with van der Waals surface area (Å²) in [6, 6.07) is 6.61. The molecule has 0 radical (unpaired) electrons. The van der Waals surface area contributed by atoms with Gasteiger partial charge in [0.1, 0.15) is 11.4 Å². The van der Waals surface area contributed by atoms with Gasteiger partial charge < -0.3 is 10.1 Å². The summed E-state index contributed by atoms with van der Waals surface area (Å²) in [7, 11) is 1.55. The Morgan fingerprint density at radius 2 is 1.94 bits per heavy atom. The van der Waals surface area contributed by atoms with Crippen molar-refractivity contribution in [1.82, 2.24) is 10.6 Å². The molecule has 1 aromatic carbocycles. The molecule has 2 N–H and O–H groups in total. The number of amides is 1. The van der Waals surface area contributed by atoms with Crippen LogP contribution >= 0.6 is 12.2 Å². The first-order valence-electron chi connectivity index (χ1n) is 5.12. The van der Waals surface area contributed by atoms with Gasteiger partial charge in [-0.25, -0.2) is 0 Å². The molecule has 1 fully saturated rings. The molecule has 1 aliphatic rings. The third kappa shape index (κ3) is 2.54. The molecule has 6 heteroatoms. The summed E-state index contributed by atoms with van der Waals surface area (Å²) in [6.07, 6.45) is 1.22. The van der Waals surface area contributed by atoms with Gasteiger partial charge in [0.2, 0.25) is 0 Å². The molecule has 2 rings (SSSR count). The largest absolute Gasteiger partial charge is 0.497 e. The molecule has 0 aromatic heterocycles. The highest BCUT2D eigenvalue weighted by Gasteiger charge is 2.21. The van der Waals surface area contributed by atoms with Gasteiger partial charge in [0, 0.05) is 11.6 Å². The zero-order valence-electron chi connectivity index (χ0n) is 9.52. The van der Waals surface area contributed by atoms with E-state index in [1.165, 1.54) is 6.08 Å². The average Bonchev–Trinajstić information content (AvgIpc) is 2.68. The van der Waals surface area contributed by atoms with Crippen molar-refractivity contribution >= 4 is 29.0 Å². The molecule has 0 bridgehead atoms. The topological polar surface area (TPSA) is 67.4 Å².